The first kappa shape index (κ1) is 28.8. The fourth-order valence-electron chi connectivity index (χ4n) is 3.32. The van der Waals surface area contributed by atoms with Crippen molar-refractivity contribution in [3.63, 3.8) is 0 Å². The van der Waals surface area contributed by atoms with Crippen LogP contribution in [0.2, 0.25) is 0 Å². The lowest BCUT2D eigenvalue weighted by atomic mass is 9.59. The molecule has 0 rings (SSSR count). The molecule has 3 nitrogen and oxygen atoms in total. The zero-order valence-corrected chi connectivity index (χ0v) is 17.9. The number of carbonyl (C=O) groups is 1. The van der Waals surface area contributed by atoms with Crippen molar-refractivity contribution in [3.05, 3.63) is 0 Å². The quantitative estimate of drug-likeness (QED) is 0.400. The highest BCUT2D eigenvalue weighted by molar-refractivity contribution is 5.79. The van der Waals surface area contributed by atoms with Crippen LogP contribution in [0.5, 0.6) is 0 Å². The molecule has 0 aliphatic heterocycles. The lowest BCUT2D eigenvalue weighted by molar-refractivity contribution is -0.409. The van der Waals surface area contributed by atoms with Gasteiger partial charge in [-0.2, -0.15) is 39.5 Å². The molecule has 0 saturated heterocycles. The van der Waals surface area contributed by atoms with Gasteiger partial charge in [0.25, 0.3) is 5.60 Å². The van der Waals surface area contributed by atoms with Crippen LogP contribution in [0.4, 0.5) is 39.5 Å². The van der Waals surface area contributed by atoms with Crippen molar-refractivity contribution in [1.82, 2.24) is 0 Å². The Kier molecular flexibility index (Phi) is 7.14. The number of rotatable bonds is 4. The Morgan fingerprint density at radius 2 is 1.03 bits per heavy atom. The van der Waals surface area contributed by atoms with Gasteiger partial charge in [0, 0.05) is 0 Å². The van der Waals surface area contributed by atoms with E-state index < -0.39 is 58.4 Å². The van der Waals surface area contributed by atoms with Crippen LogP contribution >= 0.6 is 0 Å². The zero-order valence-electron chi connectivity index (χ0n) is 17.9. The van der Waals surface area contributed by atoms with Crippen molar-refractivity contribution in [2.75, 3.05) is 0 Å². The molecule has 0 fully saturated rings. The molecule has 12 heteroatoms. The molecule has 0 aromatic rings. The fourth-order valence-corrected chi connectivity index (χ4v) is 3.32. The zero-order chi connectivity index (χ0) is 25.0. The first-order chi connectivity index (χ1) is 12.6. The normalized spacial score (nSPS) is 17.5. The number of aliphatic hydroxyl groups is 1. The summed E-state index contributed by atoms with van der Waals surface area (Å²) in [4.78, 5) is 12.8. The van der Waals surface area contributed by atoms with Gasteiger partial charge in [0.1, 0.15) is 0 Å². The van der Waals surface area contributed by atoms with E-state index in [1.54, 1.807) is 0 Å². The van der Waals surface area contributed by atoms with Gasteiger partial charge in [-0.1, -0.05) is 41.5 Å². The smallest absolute Gasteiger partial charge is 0.430 e. The lowest BCUT2D eigenvalue weighted by Gasteiger charge is -2.49. The fraction of sp³-hybridized carbons (Fsp3) is 0.944. The van der Waals surface area contributed by atoms with Gasteiger partial charge in [-0.15, -0.1) is 0 Å². The number of alkyl halides is 9. The number of halogens is 9. The Balaban J connectivity index is 6.82. The highest BCUT2D eigenvalue weighted by atomic mass is 19.4. The van der Waals surface area contributed by atoms with Crippen LogP contribution in [0.1, 0.15) is 61.8 Å². The minimum atomic E-state index is -6.40. The SMILES string of the molecule is CC(C)(C)CC(C(=O)OC(C)(C)C(O)(C(F)(F)F)C(F)(F)F)(C(C)(C)C)C(F)(F)F. The molecule has 0 radical (unpaired) electrons. The number of esters is 1. The molecule has 0 bridgehead atoms. The van der Waals surface area contributed by atoms with E-state index in [1.165, 1.54) is 20.8 Å². The number of carbonyl (C=O) groups excluding carboxylic acids is 1. The molecule has 0 aromatic carbocycles. The van der Waals surface area contributed by atoms with Gasteiger partial charge in [0.2, 0.25) is 0 Å². The van der Waals surface area contributed by atoms with Crippen molar-refractivity contribution in [3.8, 4) is 0 Å². The second-order valence-electron chi connectivity index (χ2n) is 10.00. The second kappa shape index (κ2) is 7.44. The molecule has 0 heterocycles. The standard InChI is InChI=1S/C18H27F9O3/c1-11(2,3)9-14(12(4,5)6,16(19,20)21)10(28)30-13(7,8)15(29,17(22,23)24)18(25,26)27/h29H,9H2,1-8H3. The third-order valence-electron chi connectivity index (χ3n) is 4.95. The Labute approximate surface area is 169 Å². The van der Waals surface area contributed by atoms with E-state index in [0.29, 0.717) is 0 Å². The van der Waals surface area contributed by atoms with Crippen LogP contribution in [-0.4, -0.2) is 40.8 Å². The third kappa shape index (κ3) is 4.83. The van der Waals surface area contributed by atoms with Gasteiger partial charge in [-0.05, 0) is 31.1 Å². The maximum absolute atomic E-state index is 14.2. The monoisotopic (exact) mass is 462 g/mol. The molecular formula is C18H27F9O3. The van der Waals surface area contributed by atoms with E-state index in [1.807, 2.05) is 0 Å². The molecule has 0 aromatic heterocycles. The predicted octanol–water partition coefficient (Wildman–Crippen LogP) is 6.19. The van der Waals surface area contributed by atoms with Gasteiger partial charge in [0.05, 0.1) is 0 Å². The van der Waals surface area contributed by atoms with E-state index in [4.69, 9.17) is 0 Å². The molecule has 1 unspecified atom stereocenters. The third-order valence-corrected chi connectivity index (χ3v) is 4.95. The largest absolute Gasteiger partial charge is 0.455 e. The maximum Gasteiger partial charge on any atom is 0.430 e. The van der Waals surface area contributed by atoms with E-state index in [9.17, 15) is 49.4 Å². The summed E-state index contributed by atoms with van der Waals surface area (Å²) in [6.07, 6.45) is -19.2. The number of hydrogen-bond donors (Lipinski definition) is 1. The van der Waals surface area contributed by atoms with Crippen LogP contribution in [0, 0.1) is 16.2 Å². The molecule has 0 saturated carbocycles. The van der Waals surface area contributed by atoms with Crippen LogP contribution in [0.25, 0.3) is 0 Å². The Hall–Kier alpha value is -1.20. The first-order valence-corrected chi connectivity index (χ1v) is 8.74. The van der Waals surface area contributed by atoms with Crippen LogP contribution < -0.4 is 0 Å². The average molecular weight is 462 g/mol. The Bertz CT molecular complexity index is 602. The Morgan fingerprint density at radius 1 is 0.700 bits per heavy atom. The topological polar surface area (TPSA) is 46.5 Å². The molecule has 180 valence electrons. The lowest BCUT2D eigenvalue weighted by Crippen LogP contribution is -2.71. The minimum Gasteiger partial charge on any atom is -0.455 e. The predicted molar refractivity (Wildman–Crippen MR) is 89.2 cm³/mol. The van der Waals surface area contributed by atoms with Gasteiger partial charge in [-0.25, -0.2) is 0 Å². The summed E-state index contributed by atoms with van der Waals surface area (Å²) in [6.45, 7) is 7.00. The first-order valence-electron chi connectivity index (χ1n) is 8.74. The van der Waals surface area contributed by atoms with Gasteiger partial charge in [-0.3, -0.25) is 4.79 Å². The summed E-state index contributed by atoms with van der Waals surface area (Å²) in [7, 11) is 0. The summed E-state index contributed by atoms with van der Waals surface area (Å²) in [5, 5.41) is 9.56. The van der Waals surface area contributed by atoms with Crippen molar-refractivity contribution in [2.45, 2.75) is 91.5 Å². The van der Waals surface area contributed by atoms with Crippen LogP contribution in [0.3, 0.4) is 0 Å². The molecule has 0 amide bonds. The molecule has 0 aliphatic rings. The maximum atomic E-state index is 14.2. The van der Waals surface area contributed by atoms with Crippen molar-refractivity contribution >= 4 is 5.97 Å². The summed E-state index contributed by atoms with van der Waals surface area (Å²) in [6, 6.07) is 0. The Morgan fingerprint density at radius 3 is 1.23 bits per heavy atom. The number of hydrogen-bond acceptors (Lipinski definition) is 3. The number of ether oxygens (including phenoxy) is 1. The molecule has 0 aliphatic carbocycles. The molecule has 1 atom stereocenters. The minimum absolute atomic E-state index is 0.0623. The van der Waals surface area contributed by atoms with E-state index in [2.05, 4.69) is 4.74 Å². The molecular weight excluding hydrogens is 435 g/mol. The van der Waals surface area contributed by atoms with Crippen LogP contribution in [0.15, 0.2) is 0 Å². The van der Waals surface area contributed by atoms with E-state index in [0.717, 1.165) is 20.8 Å². The highest BCUT2D eigenvalue weighted by Gasteiger charge is 2.79. The van der Waals surface area contributed by atoms with Crippen LogP contribution in [-0.2, 0) is 9.53 Å². The average Bonchev–Trinajstić information content (AvgIpc) is 2.36. The van der Waals surface area contributed by atoms with Crippen molar-refractivity contribution in [1.29, 1.82) is 0 Å². The summed E-state index contributed by atoms with van der Waals surface area (Å²) in [5.74, 6) is -2.34. The molecule has 30 heavy (non-hydrogen) atoms. The molecule has 1 N–H and O–H groups in total. The van der Waals surface area contributed by atoms with Crippen molar-refractivity contribution < 1.29 is 54.2 Å². The van der Waals surface area contributed by atoms with Gasteiger partial charge >= 0.3 is 24.5 Å². The summed E-state index contributed by atoms with van der Waals surface area (Å²) < 4.78 is 126. The summed E-state index contributed by atoms with van der Waals surface area (Å²) in [5.41, 5.74) is -16.1. The van der Waals surface area contributed by atoms with E-state index >= 15 is 0 Å². The second-order valence-corrected chi connectivity index (χ2v) is 10.00. The van der Waals surface area contributed by atoms with E-state index in [-0.39, 0.29) is 13.8 Å². The summed E-state index contributed by atoms with van der Waals surface area (Å²) >= 11 is 0. The highest BCUT2D eigenvalue weighted by Crippen LogP contribution is 2.59. The van der Waals surface area contributed by atoms with Gasteiger partial charge < -0.3 is 9.84 Å². The van der Waals surface area contributed by atoms with Crippen molar-refractivity contribution in [2.24, 2.45) is 16.2 Å². The molecule has 0 spiro atoms. The van der Waals surface area contributed by atoms with Gasteiger partial charge in [0.15, 0.2) is 11.0 Å².